The van der Waals surface area contributed by atoms with Crippen molar-refractivity contribution < 1.29 is 19.1 Å². The van der Waals surface area contributed by atoms with Gasteiger partial charge in [-0.3, -0.25) is 9.59 Å². The largest absolute Gasteiger partial charge is 0.497 e. The number of amides is 2. The number of carbonyl (C=O) groups is 2. The number of nitrogens with zero attached hydrogens (tertiary/aromatic N) is 1. The maximum Gasteiger partial charge on any atom is 0.253 e. The minimum Gasteiger partial charge on any atom is -0.497 e. The first-order chi connectivity index (χ1) is 13.5. The Morgan fingerprint density at radius 1 is 1.14 bits per heavy atom. The van der Waals surface area contributed by atoms with E-state index in [1.54, 1.807) is 39.3 Å². The second-order valence-corrected chi connectivity index (χ2v) is 6.48. The van der Waals surface area contributed by atoms with Crippen LogP contribution in [0.15, 0.2) is 53.6 Å². The lowest BCUT2D eigenvalue weighted by Gasteiger charge is -2.16. The van der Waals surface area contributed by atoms with Crippen LogP contribution in [0.5, 0.6) is 11.5 Å². The molecule has 1 aliphatic rings. The van der Waals surface area contributed by atoms with E-state index in [1.165, 1.54) is 0 Å². The monoisotopic (exact) mass is 381 g/mol. The normalized spacial score (nSPS) is 19.1. The minimum absolute atomic E-state index is 0.222. The van der Waals surface area contributed by atoms with Gasteiger partial charge in [-0.2, -0.15) is 5.10 Å². The van der Waals surface area contributed by atoms with Gasteiger partial charge in [-0.15, -0.1) is 0 Å². The molecule has 0 radical (unpaired) electrons. The lowest BCUT2D eigenvalue weighted by molar-refractivity contribution is -0.133. The van der Waals surface area contributed by atoms with E-state index in [2.05, 4.69) is 15.8 Å². The van der Waals surface area contributed by atoms with Crippen LogP contribution in [-0.4, -0.2) is 38.3 Å². The van der Waals surface area contributed by atoms with Crippen LogP contribution in [0.3, 0.4) is 0 Å². The number of benzene rings is 2. The zero-order valence-corrected chi connectivity index (χ0v) is 16.1. The molecule has 7 heteroatoms. The highest BCUT2D eigenvalue weighted by atomic mass is 16.5. The summed E-state index contributed by atoms with van der Waals surface area (Å²) >= 11 is 0. The van der Waals surface area contributed by atoms with Gasteiger partial charge in [0.05, 0.1) is 19.9 Å². The van der Waals surface area contributed by atoms with Crippen molar-refractivity contribution in [3.05, 3.63) is 59.7 Å². The second kappa shape index (κ2) is 8.56. The summed E-state index contributed by atoms with van der Waals surface area (Å²) in [7, 11) is 3.13. The molecule has 1 saturated heterocycles. The van der Waals surface area contributed by atoms with Crippen molar-refractivity contribution in [2.24, 2.45) is 11.0 Å². The summed E-state index contributed by atoms with van der Waals surface area (Å²) in [5.74, 6) is -0.533. The van der Waals surface area contributed by atoms with Crippen molar-refractivity contribution in [3.63, 3.8) is 0 Å². The highest BCUT2D eigenvalue weighted by Gasteiger charge is 2.41. The number of hydrogen-bond acceptors (Lipinski definition) is 5. The molecule has 3 rings (SSSR count). The van der Waals surface area contributed by atoms with Gasteiger partial charge in [0.2, 0.25) is 5.91 Å². The predicted octanol–water partition coefficient (Wildman–Crippen LogP) is 2.07. The molecule has 0 spiro atoms. The molecule has 2 atom stereocenters. The van der Waals surface area contributed by atoms with Gasteiger partial charge in [-0.25, -0.2) is 5.43 Å². The fourth-order valence-corrected chi connectivity index (χ4v) is 3.30. The first-order valence-electron chi connectivity index (χ1n) is 8.94. The number of nitrogens with one attached hydrogen (secondary N) is 2. The molecule has 0 saturated carbocycles. The zero-order chi connectivity index (χ0) is 20.1. The smallest absolute Gasteiger partial charge is 0.253 e. The zero-order valence-electron chi connectivity index (χ0n) is 16.1. The van der Waals surface area contributed by atoms with Crippen LogP contribution in [0, 0.1) is 5.92 Å². The van der Waals surface area contributed by atoms with Gasteiger partial charge in [0.1, 0.15) is 17.4 Å². The van der Waals surface area contributed by atoms with Crippen molar-refractivity contribution in [1.29, 1.82) is 0 Å². The summed E-state index contributed by atoms with van der Waals surface area (Å²) in [6, 6.07) is 14.9. The quantitative estimate of drug-likeness (QED) is 0.455. The Labute approximate surface area is 163 Å². The fourth-order valence-electron chi connectivity index (χ4n) is 3.30. The Balaban J connectivity index is 1.77. The molecule has 146 valence electrons. The van der Waals surface area contributed by atoms with Gasteiger partial charge in [0, 0.05) is 24.1 Å². The van der Waals surface area contributed by atoms with Gasteiger partial charge < -0.3 is 14.8 Å². The van der Waals surface area contributed by atoms with Crippen LogP contribution in [0.4, 0.5) is 0 Å². The fraction of sp³-hybridized carbons (Fsp3) is 0.286. The lowest BCUT2D eigenvalue weighted by atomic mass is 9.88. The van der Waals surface area contributed by atoms with Crippen molar-refractivity contribution in [1.82, 2.24) is 10.7 Å². The minimum atomic E-state index is -0.822. The molecule has 0 aliphatic carbocycles. The van der Waals surface area contributed by atoms with E-state index in [4.69, 9.17) is 9.47 Å². The van der Waals surface area contributed by atoms with E-state index >= 15 is 0 Å². The molecule has 2 aromatic rings. The Hall–Kier alpha value is -3.35. The van der Waals surface area contributed by atoms with E-state index in [0.717, 1.165) is 11.1 Å². The van der Waals surface area contributed by atoms with E-state index in [0.29, 0.717) is 23.8 Å². The van der Waals surface area contributed by atoms with Crippen molar-refractivity contribution >= 4 is 17.5 Å². The maximum absolute atomic E-state index is 12.7. The number of hydrogen-bond donors (Lipinski definition) is 2. The third kappa shape index (κ3) is 3.98. The van der Waals surface area contributed by atoms with Crippen LogP contribution < -0.4 is 20.2 Å². The number of carbonyl (C=O) groups excluding carboxylic acids is 2. The Kier molecular flexibility index (Phi) is 5.93. The van der Waals surface area contributed by atoms with Crippen LogP contribution in [0.25, 0.3) is 0 Å². The standard InChI is InChI=1S/C21H23N3O4/c1-13(16-10-9-15(27-2)11-18(16)28-3)23-24-21(26)19-17(12-22-20(19)25)14-7-5-4-6-8-14/h4-11,17,19H,12H2,1-3H3,(H,22,25)(H,24,26)/b23-13-. The summed E-state index contributed by atoms with van der Waals surface area (Å²) in [5.41, 5.74) is 4.76. The summed E-state index contributed by atoms with van der Waals surface area (Å²) < 4.78 is 10.6. The lowest BCUT2D eigenvalue weighted by Crippen LogP contribution is -2.35. The second-order valence-electron chi connectivity index (χ2n) is 6.48. The average molecular weight is 381 g/mol. The molecular weight excluding hydrogens is 358 g/mol. The average Bonchev–Trinajstić information content (AvgIpc) is 3.13. The summed E-state index contributed by atoms with van der Waals surface area (Å²) in [6.45, 7) is 2.18. The molecule has 0 bridgehead atoms. The highest BCUT2D eigenvalue weighted by molar-refractivity contribution is 6.05. The predicted molar refractivity (Wildman–Crippen MR) is 106 cm³/mol. The summed E-state index contributed by atoms with van der Waals surface area (Å²) in [6.07, 6.45) is 0. The molecule has 2 amide bonds. The molecule has 1 fully saturated rings. The maximum atomic E-state index is 12.7. The molecule has 0 aromatic heterocycles. The van der Waals surface area contributed by atoms with Crippen molar-refractivity contribution in [2.75, 3.05) is 20.8 Å². The van der Waals surface area contributed by atoms with E-state index in [-0.39, 0.29) is 11.8 Å². The third-order valence-corrected chi connectivity index (χ3v) is 4.82. The Morgan fingerprint density at radius 3 is 2.57 bits per heavy atom. The molecule has 1 aliphatic heterocycles. The van der Waals surface area contributed by atoms with Gasteiger partial charge in [-0.1, -0.05) is 30.3 Å². The first kappa shape index (κ1) is 19.4. The molecule has 2 unspecified atom stereocenters. The van der Waals surface area contributed by atoms with E-state index < -0.39 is 11.8 Å². The highest BCUT2D eigenvalue weighted by Crippen LogP contribution is 2.29. The first-order valence-corrected chi connectivity index (χ1v) is 8.94. The van der Waals surface area contributed by atoms with Crippen LogP contribution in [-0.2, 0) is 9.59 Å². The number of ether oxygens (including phenoxy) is 2. The number of rotatable bonds is 6. The summed E-state index contributed by atoms with van der Waals surface area (Å²) in [5, 5.41) is 6.95. The van der Waals surface area contributed by atoms with Gasteiger partial charge in [-0.05, 0) is 24.6 Å². The number of methoxy groups -OCH3 is 2. The SMILES string of the molecule is COc1ccc(/C(C)=N\NC(=O)C2C(=O)NCC2c2ccccc2)c(OC)c1. The number of hydrazone groups is 1. The van der Waals surface area contributed by atoms with Gasteiger partial charge in [0.15, 0.2) is 0 Å². The van der Waals surface area contributed by atoms with Gasteiger partial charge >= 0.3 is 0 Å². The van der Waals surface area contributed by atoms with Gasteiger partial charge in [0.25, 0.3) is 5.91 Å². The molecule has 7 nitrogen and oxygen atoms in total. The van der Waals surface area contributed by atoms with E-state index in [1.807, 2.05) is 30.3 Å². The Bertz CT molecular complexity index is 896. The third-order valence-electron chi connectivity index (χ3n) is 4.82. The topological polar surface area (TPSA) is 89.0 Å². The molecule has 2 aromatic carbocycles. The van der Waals surface area contributed by atoms with Crippen LogP contribution in [0.2, 0.25) is 0 Å². The molecular formula is C21H23N3O4. The van der Waals surface area contributed by atoms with Crippen LogP contribution >= 0.6 is 0 Å². The van der Waals surface area contributed by atoms with E-state index in [9.17, 15) is 9.59 Å². The molecule has 1 heterocycles. The molecule has 2 N–H and O–H groups in total. The Morgan fingerprint density at radius 2 is 1.89 bits per heavy atom. The van der Waals surface area contributed by atoms with Crippen LogP contribution in [0.1, 0.15) is 24.0 Å². The van der Waals surface area contributed by atoms with Crippen molar-refractivity contribution in [3.8, 4) is 11.5 Å². The summed E-state index contributed by atoms with van der Waals surface area (Å²) in [4.78, 5) is 24.9. The van der Waals surface area contributed by atoms with Crippen molar-refractivity contribution in [2.45, 2.75) is 12.8 Å². The molecule has 28 heavy (non-hydrogen) atoms.